The SMILES string of the molecule is CCN(CC)C(=O)C=Cc1ccc(N2CCCC2)cc1. The van der Waals surface area contributed by atoms with Crippen LogP contribution in [0.15, 0.2) is 30.3 Å². The average molecular weight is 272 g/mol. The highest BCUT2D eigenvalue weighted by molar-refractivity contribution is 5.91. The lowest BCUT2D eigenvalue weighted by molar-refractivity contribution is -0.125. The molecule has 108 valence electrons. The Morgan fingerprint density at radius 2 is 1.75 bits per heavy atom. The lowest BCUT2D eigenvalue weighted by Crippen LogP contribution is -2.28. The number of benzene rings is 1. The van der Waals surface area contributed by atoms with E-state index in [1.807, 2.05) is 24.8 Å². The monoisotopic (exact) mass is 272 g/mol. The van der Waals surface area contributed by atoms with Gasteiger partial charge in [0.1, 0.15) is 0 Å². The first kappa shape index (κ1) is 14.6. The summed E-state index contributed by atoms with van der Waals surface area (Å²) in [6, 6.07) is 8.46. The number of likely N-dealkylation sites (N-methyl/N-ethyl adjacent to an activating group) is 1. The topological polar surface area (TPSA) is 23.6 Å². The summed E-state index contributed by atoms with van der Waals surface area (Å²) in [5, 5.41) is 0. The van der Waals surface area contributed by atoms with Crippen molar-refractivity contribution in [1.29, 1.82) is 0 Å². The van der Waals surface area contributed by atoms with E-state index in [4.69, 9.17) is 0 Å². The van der Waals surface area contributed by atoms with Crippen LogP contribution < -0.4 is 4.90 Å². The van der Waals surface area contributed by atoms with Crippen LogP contribution in [0.4, 0.5) is 5.69 Å². The van der Waals surface area contributed by atoms with E-state index in [0.29, 0.717) is 0 Å². The molecule has 0 N–H and O–H groups in total. The maximum Gasteiger partial charge on any atom is 0.246 e. The fourth-order valence-electron chi connectivity index (χ4n) is 2.58. The largest absolute Gasteiger partial charge is 0.372 e. The van der Waals surface area contributed by atoms with Crippen LogP contribution >= 0.6 is 0 Å². The molecule has 0 atom stereocenters. The molecule has 20 heavy (non-hydrogen) atoms. The van der Waals surface area contributed by atoms with E-state index >= 15 is 0 Å². The Morgan fingerprint density at radius 1 is 1.15 bits per heavy atom. The number of hydrogen-bond donors (Lipinski definition) is 0. The zero-order valence-corrected chi connectivity index (χ0v) is 12.5. The highest BCUT2D eigenvalue weighted by atomic mass is 16.2. The molecule has 3 nitrogen and oxygen atoms in total. The highest BCUT2D eigenvalue weighted by Crippen LogP contribution is 2.20. The summed E-state index contributed by atoms with van der Waals surface area (Å²) in [6.07, 6.45) is 6.15. The molecule has 0 unspecified atom stereocenters. The first-order chi connectivity index (χ1) is 9.74. The minimum atomic E-state index is 0.0821. The molecule has 0 bridgehead atoms. The van der Waals surface area contributed by atoms with E-state index in [2.05, 4.69) is 29.2 Å². The summed E-state index contributed by atoms with van der Waals surface area (Å²) in [5.74, 6) is 0.0821. The van der Waals surface area contributed by atoms with E-state index < -0.39 is 0 Å². The van der Waals surface area contributed by atoms with Gasteiger partial charge in [-0.05, 0) is 50.5 Å². The zero-order chi connectivity index (χ0) is 14.4. The molecule has 0 aliphatic carbocycles. The summed E-state index contributed by atoms with van der Waals surface area (Å²) in [5.41, 5.74) is 2.36. The summed E-state index contributed by atoms with van der Waals surface area (Å²) < 4.78 is 0. The van der Waals surface area contributed by atoms with Crippen LogP contribution in [-0.2, 0) is 4.79 Å². The number of carbonyl (C=O) groups is 1. The van der Waals surface area contributed by atoms with E-state index in [-0.39, 0.29) is 5.91 Å². The smallest absolute Gasteiger partial charge is 0.246 e. The average Bonchev–Trinajstić information content (AvgIpc) is 3.01. The molecular weight excluding hydrogens is 248 g/mol. The lowest BCUT2D eigenvalue weighted by atomic mass is 10.2. The third kappa shape index (κ3) is 3.62. The normalized spacial score (nSPS) is 15.0. The third-order valence-corrected chi connectivity index (χ3v) is 3.86. The van der Waals surface area contributed by atoms with Gasteiger partial charge in [0.25, 0.3) is 0 Å². The number of anilines is 1. The van der Waals surface area contributed by atoms with Crippen molar-refractivity contribution in [3.8, 4) is 0 Å². The van der Waals surface area contributed by atoms with Crippen molar-refractivity contribution in [1.82, 2.24) is 4.90 Å². The molecule has 0 saturated carbocycles. The second-order valence-electron chi connectivity index (χ2n) is 5.13. The van der Waals surface area contributed by atoms with Gasteiger partial charge in [-0.15, -0.1) is 0 Å². The molecule has 0 radical (unpaired) electrons. The van der Waals surface area contributed by atoms with E-state index in [9.17, 15) is 4.79 Å². The Kier molecular flexibility index (Phi) is 5.22. The minimum Gasteiger partial charge on any atom is -0.372 e. The molecule has 1 heterocycles. The summed E-state index contributed by atoms with van der Waals surface area (Å²) >= 11 is 0. The molecule has 1 aliphatic rings. The fourth-order valence-corrected chi connectivity index (χ4v) is 2.58. The molecule has 1 aromatic carbocycles. The van der Waals surface area contributed by atoms with Crippen LogP contribution in [-0.4, -0.2) is 37.0 Å². The quantitative estimate of drug-likeness (QED) is 0.769. The van der Waals surface area contributed by atoms with Crippen molar-refractivity contribution >= 4 is 17.7 Å². The Balaban J connectivity index is 1.97. The molecule has 1 saturated heterocycles. The van der Waals surface area contributed by atoms with Gasteiger partial charge in [0.05, 0.1) is 0 Å². The summed E-state index contributed by atoms with van der Waals surface area (Å²) in [4.78, 5) is 16.1. The molecule has 1 aromatic rings. The Morgan fingerprint density at radius 3 is 2.30 bits per heavy atom. The van der Waals surface area contributed by atoms with Crippen LogP contribution in [0.5, 0.6) is 0 Å². The first-order valence-corrected chi connectivity index (χ1v) is 7.56. The molecule has 3 heteroatoms. The standard InChI is InChI=1S/C17H24N2O/c1-3-18(4-2)17(20)12-9-15-7-10-16(11-8-15)19-13-5-6-14-19/h7-12H,3-6,13-14H2,1-2H3. The van der Waals surface area contributed by atoms with Gasteiger partial charge >= 0.3 is 0 Å². The molecule has 0 aromatic heterocycles. The molecule has 1 amide bonds. The Labute approximate surface area is 121 Å². The molecule has 0 spiro atoms. The molecule has 2 rings (SSSR count). The van der Waals surface area contributed by atoms with Crippen molar-refractivity contribution in [2.75, 3.05) is 31.1 Å². The van der Waals surface area contributed by atoms with Gasteiger partial charge in [-0.25, -0.2) is 0 Å². The number of nitrogens with zero attached hydrogens (tertiary/aromatic N) is 2. The third-order valence-electron chi connectivity index (χ3n) is 3.86. The van der Waals surface area contributed by atoms with Crippen molar-refractivity contribution in [3.05, 3.63) is 35.9 Å². The highest BCUT2D eigenvalue weighted by Gasteiger charge is 2.11. The fraction of sp³-hybridized carbons (Fsp3) is 0.471. The van der Waals surface area contributed by atoms with E-state index in [0.717, 1.165) is 31.7 Å². The Bertz CT molecular complexity index is 454. The number of carbonyl (C=O) groups excluding carboxylic acids is 1. The van der Waals surface area contributed by atoms with Crippen LogP contribution in [0, 0.1) is 0 Å². The molecule has 1 aliphatic heterocycles. The second-order valence-corrected chi connectivity index (χ2v) is 5.13. The molecule has 1 fully saturated rings. The number of hydrogen-bond acceptors (Lipinski definition) is 2. The first-order valence-electron chi connectivity index (χ1n) is 7.56. The Hall–Kier alpha value is -1.77. The van der Waals surface area contributed by atoms with Crippen LogP contribution in [0.3, 0.4) is 0 Å². The van der Waals surface area contributed by atoms with Gasteiger partial charge < -0.3 is 9.80 Å². The maximum absolute atomic E-state index is 11.9. The summed E-state index contributed by atoms with van der Waals surface area (Å²) in [6.45, 7) is 7.84. The number of rotatable bonds is 5. The minimum absolute atomic E-state index is 0.0821. The number of amides is 1. The van der Waals surface area contributed by atoms with Gasteiger partial charge in [-0.1, -0.05) is 12.1 Å². The lowest BCUT2D eigenvalue weighted by Gasteiger charge is -2.17. The van der Waals surface area contributed by atoms with E-state index in [1.165, 1.54) is 18.5 Å². The van der Waals surface area contributed by atoms with E-state index in [1.54, 1.807) is 6.08 Å². The molecular formula is C17H24N2O. The second kappa shape index (κ2) is 7.13. The van der Waals surface area contributed by atoms with Gasteiger partial charge in [0.15, 0.2) is 0 Å². The van der Waals surface area contributed by atoms with Crippen LogP contribution in [0.25, 0.3) is 6.08 Å². The van der Waals surface area contributed by atoms with Gasteiger partial charge in [-0.3, -0.25) is 4.79 Å². The van der Waals surface area contributed by atoms with Gasteiger partial charge in [-0.2, -0.15) is 0 Å². The van der Waals surface area contributed by atoms with Crippen LogP contribution in [0.2, 0.25) is 0 Å². The predicted octanol–water partition coefficient (Wildman–Crippen LogP) is 3.17. The van der Waals surface area contributed by atoms with Gasteiger partial charge in [0, 0.05) is 37.9 Å². The van der Waals surface area contributed by atoms with Crippen molar-refractivity contribution in [2.45, 2.75) is 26.7 Å². The predicted molar refractivity (Wildman–Crippen MR) is 84.9 cm³/mol. The summed E-state index contributed by atoms with van der Waals surface area (Å²) in [7, 11) is 0. The van der Waals surface area contributed by atoms with Crippen LogP contribution in [0.1, 0.15) is 32.3 Å². The van der Waals surface area contributed by atoms with Crippen molar-refractivity contribution in [2.24, 2.45) is 0 Å². The maximum atomic E-state index is 11.9. The van der Waals surface area contributed by atoms with Crippen molar-refractivity contribution in [3.63, 3.8) is 0 Å². The zero-order valence-electron chi connectivity index (χ0n) is 12.5. The van der Waals surface area contributed by atoms with Gasteiger partial charge in [0.2, 0.25) is 5.91 Å². The van der Waals surface area contributed by atoms with Crippen molar-refractivity contribution < 1.29 is 4.79 Å².